The average Bonchev–Trinajstić information content (AvgIpc) is 3.78. The van der Waals surface area contributed by atoms with Crippen LogP contribution >= 0.6 is 11.3 Å². The number of pyridine rings is 1. The van der Waals surface area contributed by atoms with E-state index in [1.54, 1.807) is 30.2 Å². The molecule has 0 aliphatic heterocycles. The molecule has 7 rings (SSSR count). The van der Waals surface area contributed by atoms with Crippen molar-refractivity contribution in [2.45, 2.75) is 13.0 Å². The van der Waals surface area contributed by atoms with E-state index < -0.39 is 0 Å². The zero-order valence-electron chi connectivity index (χ0n) is 20.8. The van der Waals surface area contributed by atoms with Gasteiger partial charge in [0, 0.05) is 40.9 Å². The Labute approximate surface area is 229 Å². The summed E-state index contributed by atoms with van der Waals surface area (Å²) in [6.45, 7) is 1.03. The van der Waals surface area contributed by atoms with E-state index in [1.807, 2.05) is 47.3 Å². The van der Waals surface area contributed by atoms with Crippen LogP contribution < -0.4 is 4.74 Å². The van der Waals surface area contributed by atoms with Gasteiger partial charge in [0.25, 0.3) is 0 Å². The minimum Gasteiger partial charge on any atom is -0.481 e. The van der Waals surface area contributed by atoms with Crippen LogP contribution in [0.2, 0.25) is 0 Å². The molecule has 1 N–H and O–H groups in total. The van der Waals surface area contributed by atoms with Gasteiger partial charge < -0.3 is 4.74 Å². The van der Waals surface area contributed by atoms with Crippen LogP contribution in [0.3, 0.4) is 0 Å². The third kappa shape index (κ3) is 4.72. The Bertz CT molecular complexity index is 1810. The van der Waals surface area contributed by atoms with Crippen LogP contribution in [0.5, 0.6) is 5.75 Å². The third-order valence-corrected chi connectivity index (χ3v) is 7.57. The second-order valence-corrected chi connectivity index (χ2v) is 10.2. The van der Waals surface area contributed by atoms with Gasteiger partial charge >= 0.3 is 0 Å². The van der Waals surface area contributed by atoms with Crippen molar-refractivity contribution in [1.29, 1.82) is 0 Å². The summed E-state index contributed by atoms with van der Waals surface area (Å²) in [5.41, 5.74) is 10.3. The van der Waals surface area contributed by atoms with Crippen molar-refractivity contribution in [3.63, 3.8) is 0 Å². The lowest BCUT2D eigenvalue weighted by atomic mass is 10.1. The minimum atomic E-state index is 0.323. The minimum absolute atomic E-state index is 0.323. The number of fused-ring (bicyclic) bond motifs is 3. The van der Waals surface area contributed by atoms with E-state index in [2.05, 4.69) is 66.8 Å². The Morgan fingerprint density at radius 1 is 1.00 bits per heavy atom. The van der Waals surface area contributed by atoms with E-state index in [0.717, 1.165) is 45.1 Å². The zero-order valence-corrected chi connectivity index (χ0v) is 21.7. The van der Waals surface area contributed by atoms with E-state index in [4.69, 9.17) is 4.74 Å². The maximum absolute atomic E-state index is 5.83. The normalized spacial score (nSPS) is 11.5. The molecule has 0 saturated carbocycles. The second-order valence-electron chi connectivity index (χ2n) is 9.24. The van der Waals surface area contributed by atoms with Crippen LogP contribution in [0.1, 0.15) is 21.6 Å². The highest BCUT2D eigenvalue weighted by Crippen LogP contribution is 2.41. The summed E-state index contributed by atoms with van der Waals surface area (Å²) in [7, 11) is 0. The Hall–Kier alpha value is -5.00. The number of hydrogen-bond donors (Lipinski definition) is 1. The monoisotopic (exact) mass is 526 g/mol. The zero-order chi connectivity index (χ0) is 26.0. The molecule has 4 heterocycles. The van der Waals surface area contributed by atoms with E-state index >= 15 is 0 Å². The SMILES string of the molecule is C(#Cc1cc(-c2n[nH]c3c2Cc2cc(Cn4cncn4)ccc2-3)cs1)COc1ccc(-c2cccnc2)cc1. The molecular weight excluding hydrogens is 504 g/mol. The summed E-state index contributed by atoms with van der Waals surface area (Å²) in [4.78, 5) is 9.19. The fourth-order valence-corrected chi connectivity index (χ4v) is 5.63. The van der Waals surface area contributed by atoms with Crippen LogP contribution in [0.15, 0.2) is 91.1 Å². The largest absolute Gasteiger partial charge is 0.481 e. The molecule has 0 atom stereocenters. The molecule has 39 heavy (non-hydrogen) atoms. The number of H-pyrrole nitrogens is 1. The Morgan fingerprint density at radius 3 is 2.79 bits per heavy atom. The quantitative estimate of drug-likeness (QED) is 0.275. The van der Waals surface area contributed by atoms with Crippen LogP contribution in [0.4, 0.5) is 0 Å². The smallest absolute Gasteiger partial charge is 0.149 e. The molecule has 188 valence electrons. The number of nitrogens with one attached hydrogen (secondary N) is 1. The lowest BCUT2D eigenvalue weighted by Crippen LogP contribution is -2.00. The second kappa shape index (κ2) is 10.0. The highest BCUT2D eigenvalue weighted by atomic mass is 32.1. The van der Waals surface area contributed by atoms with Crippen LogP contribution in [-0.2, 0) is 13.0 Å². The standard InChI is InChI=1S/C31H22N6OS/c1-3-23(16-32-11-1)22-6-8-26(9-7-22)38-12-2-4-27-14-25(18-39-27)30-29-15-24-13-21(17-37-20-33-19-34-37)5-10-28(24)31(29)36-35-30/h1,3,5-11,13-14,16,18-20H,12,15,17H2,(H,35,36). The first kappa shape index (κ1) is 23.1. The Balaban J connectivity index is 1.00. The molecular formula is C31H22N6OS. The summed E-state index contributed by atoms with van der Waals surface area (Å²) in [5, 5.41) is 14.3. The number of hydrogen-bond acceptors (Lipinski definition) is 6. The van der Waals surface area contributed by atoms with Crippen molar-refractivity contribution in [2.75, 3.05) is 6.61 Å². The molecule has 1 aliphatic rings. The summed E-state index contributed by atoms with van der Waals surface area (Å²) in [6.07, 6.45) is 7.78. The van der Waals surface area contributed by atoms with Crippen molar-refractivity contribution >= 4 is 11.3 Å². The maximum Gasteiger partial charge on any atom is 0.149 e. The van der Waals surface area contributed by atoms with Gasteiger partial charge in [0.05, 0.1) is 22.8 Å². The highest BCUT2D eigenvalue weighted by molar-refractivity contribution is 7.11. The number of thiophene rings is 1. The Kier molecular flexibility index (Phi) is 5.96. The number of aromatic nitrogens is 6. The van der Waals surface area contributed by atoms with Crippen molar-refractivity contribution in [3.8, 4) is 51.2 Å². The molecule has 4 aromatic heterocycles. The molecule has 0 saturated heterocycles. The predicted octanol–water partition coefficient (Wildman–Crippen LogP) is 5.84. The van der Waals surface area contributed by atoms with E-state index in [9.17, 15) is 0 Å². The van der Waals surface area contributed by atoms with Crippen LogP contribution in [0, 0.1) is 11.8 Å². The van der Waals surface area contributed by atoms with Gasteiger partial charge in [0.15, 0.2) is 0 Å². The predicted molar refractivity (Wildman–Crippen MR) is 151 cm³/mol. The van der Waals surface area contributed by atoms with Gasteiger partial charge in [-0.15, -0.1) is 11.3 Å². The third-order valence-electron chi connectivity index (χ3n) is 6.73. The summed E-state index contributed by atoms with van der Waals surface area (Å²) in [6, 6.07) is 20.6. The molecule has 2 aromatic carbocycles. The van der Waals surface area contributed by atoms with Gasteiger partial charge in [0.1, 0.15) is 25.0 Å². The van der Waals surface area contributed by atoms with Gasteiger partial charge in [-0.05, 0) is 46.5 Å². The molecule has 8 heteroatoms. The molecule has 6 aromatic rings. The fourth-order valence-electron chi connectivity index (χ4n) is 4.87. The molecule has 0 bridgehead atoms. The number of ether oxygens (including phenoxy) is 1. The average molecular weight is 527 g/mol. The molecule has 0 spiro atoms. The van der Waals surface area contributed by atoms with Crippen molar-refractivity contribution in [1.82, 2.24) is 29.9 Å². The van der Waals surface area contributed by atoms with Crippen molar-refractivity contribution in [2.24, 2.45) is 0 Å². The van der Waals surface area contributed by atoms with Gasteiger partial charge in [-0.1, -0.05) is 48.2 Å². The van der Waals surface area contributed by atoms with Gasteiger partial charge in [-0.2, -0.15) is 10.2 Å². The fraction of sp³-hybridized carbons (Fsp3) is 0.0968. The number of nitrogens with zero attached hydrogens (tertiary/aromatic N) is 5. The van der Waals surface area contributed by atoms with Crippen molar-refractivity contribution < 1.29 is 4.74 Å². The van der Waals surface area contributed by atoms with Crippen LogP contribution in [0.25, 0.3) is 33.6 Å². The van der Waals surface area contributed by atoms with Gasteiger partial charge in [0.2, 0.25) is 0 Å². The molecule has 0 fully saturated rings. The lowest BCUT2D eigenvalue weighted by molar-refractivity contribution is 0.370. The number of aromatic amines is 1. The topological polar surface area (TPSA) is 81.5 Å². The lowest BCUT2D eigenvalue weighted by Gasteiger charge is -2.05. The molecule has 0 radical (unpaired) electrons. The summed E-state index contributed by atoms with van der Waals surface area (Å²) >= 11 is 1.62. The van der Waals surface area contributed by atoms with Gasteiger partial charge in [-0.3, -0.25) is 10.1 Å². The molecule has 1 aliphatic carbocycles. The van der Waals surface area contributed by atoms with E-state index in [-0.39, 0.29) is 0 Å². The maximum atomic E-state index is 5.83. The first-order valence-corrected chi connectivity index (χ1v) is 13.4. The van der Waals surface area contributed by atoms with E-state index in [0.29, 0.717) is 13.2 Å². The highest BCUT2D eigenvalue weighted by Gasteiger charge is 2.25. The summed E-state index contributed by atoms with van der Waals surface area (Å²) in [5.74, 6) is 7.16. The number of rotatable bonds is 6. The number of benzene rings is 2. The van der Waals surface area contributed by atoms with Crippen molar-refractivity contribution in [3.05, 3.63) is 113 Å². The van der Waals surface area contributed by atoms with Crippen LogP contribution in [-0.4, -0.2) is 36.6 Å². The first-order chi connectivity index (χ1) is 19.3. The van der Waals surface area contributed by atoms with E-state index in [1.165, 1.54) is 22.3 Å². The molecule has 0 amide bonds. The molecule has 0 unspecified atom stereocenters. The first-order valence-electron chi connectivity index (χ1n) is 12.5. The molecule has 7 nitrogen and oxygen atoms in total. The van der Waals surface area contributed by atoms with Gasteiger partial charge in [-0.25, -0.2) is 9.67 Å². The summed E-state index contributed by atoms with van der Waals surface area (Å²) < 4.78 is 7.66. The Morgan fingerprint density at radius 2 is 1.95 bits per heavy atom.